The summed E-state index contributed by atoms with van der Waals surface area (Å²) in [5.41, 5.74) is 6.93. The predicted molar refractivity (Wildman–Crippen MR) is 60.3 cm³/mol. The molecule has 0 unspecified atom stereocenters. The van der Waals surface area contributed by atoms with Gasteiger partial charge in [-0.3, -0.25) is 0 Å². The standard InChI is InChI=1S/C10H8BN3O2/c11-6-1-3-7(4-2-6)14-9(12)8(5-13-14)10(15)16/h1-5H,12H2,(H,15,16). The number of rotatable bonds is 2. The van der Waals surface area contributed by atoms with Crippen molar-refractivity contribution < 1.29 is 9.90 Å². The van der Waals surface area contributed by atoms with Gasteiger partial charge in [0, 0.05) is 0 Å². The zero-order valence-electron chi connectivity index (χ0n) is 8.29. The van der Waals surface area contributed by atoms with Crippen LogP contribution in [0.25, 0.3) is 5.69 Å². The van der Waals surface area contributed by atoms with Gasteiger partial charge in [0.25, 0.3) is 0 Å². The Labute approximate surface area is 92.9 Å². The van der Waals surface area contributed by atoms with E-state index < -0.39 is 5.97 Å². The summed E-state index contributed by atoms with van der Waals surface area (Å²) in [6.07, 6.45) is 1.22. The van der Waals surface area contributed by atoms with E-state index in [9.17, 15) is 4.79 Å². The number of anilines is 1. The second kappa shape index (κ2) is 3.73. The van der Waals surface area contributed by atoms with Crippen molar-refractivity contribution in [2.75, 3.05) is 5.73 Å². The molecule has 1 aromatic carbocycles. The molecule has 0 saturated heterocycles. The van der Waals surface area contributed by atoms with Gasteiger partial charge in [0.1, 0.15) is 19.2 Å². The summed E-state index contributed by atoms with van der Waals surface area (Å²) in [6.45, 7) is 0. The molecule has 0 aliphatic heterocycles. The molecule has 3 N–H and O–H groups in total. The molecule has 2 aromatic rings. The number of nitrogen functional groups attached to an aromatic ring is 1. The zero-order chi connectivity index (χ0) is 11.7. The largest absolute Gasteiger partial charge is 0.477 e. The van der Waals surface area contributed by atoms with Crippen LogP contribution in [-0.4, -0.2) is 28.7 Å². The third kappa shape index (κ3) is 1.65. The second-order valence-electron chi connectivity index (χ2n) is 3.25. The van der Waals surface area contributed by atoms with Gasteiger partial charge in [0.15, 0.2) is 0 Å². The van der Waals surface area contributed by atoms with Gasteiger partial charge in [-0.25, -0.2) is 9.48 Å². The van der Waals surface area contributed by atoms with E-state index in [1.165, 1.54) is 10.9 Å². The molecular formula is C10H8BN3O2. The van der Waals surface area contributed by atoms with Gasteiger partial charge in [-0.2, -0.15) is 5.10 Å². The quantitative estimate of drug-likeness (QED) is 0.685. The molecular weight excluding hydrogens is 205 g/mol. The lowest BCUT2D eigenvalue weighted by Crippen LogP contribution is -2.07. The van der Waals surface area contributed by atoms with Crippen LogP contribution in [0.15, 0.2) is 30.5 Å². The Kier molecular flexibility index (Phi) is 2.40. The monoisotopic (exact) mass is 213 g/mol. The van der Waals surface area contributed by atoms with Crippen LogP contribution in [-0.2, 0) is 0 Å². The highest BCUT2D eigenvalue weighted by Gasteiger charge is 2.14. The Hall–Kier alpha value is -2.24. The third-order valence-electron chi connectivity index (χ3n) is 2.17. The molecule has 0 aliphatic carbocycles. The van der Waals surface area contributed by atoms with Gasteiger partial charge in [-0.05, 0) is 12.1 Å². The summed E-state index contributed by atoms with van der Waals surface area (Å²) in [5.74, 6) is -1.00. The lowest BCUT2D eigenvalue weighted by Gasteiger charge is -2.04. The third-order valence-corrected chi connectivity index (χ3v) is 2.17. The van der Waals surface area contributed by atoms with Crippen LogP contribution in [0.4, 0.5) is 5.82 Å². The fourth-order valence-electron chi connectivity index (χ4n) is 1.34. The highest BCUT2D eigenvalue weighted by atomic mass is 16.4. The van der Waals surface area contributed by atoms with Gasteiger partial charge in [0.05, 0.1) is 11.9 Å². The molecule has 6 heteroatoms. The number of carboxylic acid groups (broad SMARTS) is 1. The minimum atomic E-state index is -1.10. The normalized spacial score (nSPS) is 10.2. The topological polar surface area (TPSA) is 81.1 Å². The van der Waals surface area contributed by atoms with Crippen molar-refractivity contribution >= 4 is 25.1 Å². The van der Waals surface area contributed by atoms with Crippen LogP contribution in [0.2, 0.25) is 0 Å². The van der Waals surface area contributed by atoms with Crippen LogP contribution in [0.1, 0.15) is 10.4 Å². The van der Waals surface area contributed by atoms with Gasteiger partial charge >= 0.3 is 5.97 Å². The maximum absolute atomic E-state index is 10.8. The van der Waals surface area contributed by atoms with Crippen molar-refractivity contribution in [1.82, 2.24) is 9.78 Å². The number of nitrogens with zero attached hydrogens (tertiary/aromatic N) is 2. The zero-order valence-corrected chi connectivity index (χ0v) is 8.29. The molecule has 0 fully saturated rings. The van der Waals surface area contributed by atoms with E-state index in [0.717, 1.165) is 0 Å². The first-order valence-corrected chi connectivity index (χ1v) is 4.52. The van der Waals surface area contributed by atoms with E-state index in [4.69, 9.17) is 18.7 Å². The van der Waals surface area contributed by atoms with Crippen molar-refractivity contribution in [1.29, 1.82) is 0 Å². The summed E-state index contributed by atoms with van der Waals surface area (Å²) >= 11 is 0. The number of carbonyl (C=O) groups is 1. The molecule has 5 nitrogen and oxygen atoms in total. The van der Waals surface area contributed by atoms with E-state index >= 15 is 0 Å². The number of carboxylic acids is 1. The highest BCUT2D eigenvalue weighted by Crippen LogP contribution is 2.15. The minimum absolute atomic E-state index is 0.0168. The molecule has 0 amide bonds. The number of aromatic nitrogens is 2. The molecule has 0 saturated carbocycles. The second-order valence-corrected chi connectivity index (χ2v) is 3.25. The lowest BCUT2D eigenvalue weighted by atomic mass is 9.96. The van der Waals surface area contributed by atoms with Gasteiger partial charge in [0.2, 0.25) is 0 Å². The molecule has 78 valence electrons. The Morgan fingerprint density at radius 1 is 1.38 bits per heavy atom. The van der Waals surface area contributed by atoms with Crippen molar-refractivity contribution in [2.24, 2.45) is 0 Å². The number of aromatic carboxylic acids is 1. The molecule has 1 aromatic heterocycles. The van der Waals surface area contributed by atoms with Gasteiger partial charge in [-0.1, -0.05) is 17.6 Å². The first-order chi connectivity index (χ1) is 7.59. The van der Waals surface area contributed by atoms with Crippen LogP contribution in [0.3, 0.4) is 0 Å². The molecule has 0 atom stereocenters. The summed E-state index contributed by atoms with van der Waals surface area (Å²) in [5, 5.41) is 12.7. The summed E-state index contributed by atoms with van der Waals surface area (Å²) < 4.78 is 1.35. The van der Waals surface area contributed by atoms with Gasteiger partial charge < -0.3 is 10.8 Å². The molecule has 0 aliphatic rings. The average molecular weight is 213 g/mol. The molecule has 2 radical (unpaired) electrons. The SMILES string of the molecule is [B]c1ccc(-n2ncc(C(=O)O)c2N)cc1. The van der Waals surface area contributed by atoms with Crippen molar-refractivity contribution in [2.45, 2.75) is 0 Å². The van der Waals surface area contributed by atoms with E-state index in [1.54, 1.807) is 24.3 Å². The van der Waals surface area contributed by atoms with Crippen LogP contribution in [0.5, 0.6) is 0 Å². The smallest absolute Gasteiger partial charge is 0.341 e. The molecule has 0 spiro atoms. The van der Waals surface area contributed by atoms with Crippen LogP contribution in [0, 0.1) is 0 Å². The van der Waals surface area contributed by atoms with Crippen LogP contribution >= 0.6 is 0 Å². The summed E-state index contributed by atoms with van der Waals surface area (Å²) in [7, 11) is 5.54. The van der Waals surface area contributed by atoms with E-state index in [-0.39, 0.29) is 11.4 Å². The predicted octanol–water partition coefficient (Wildman–Crippen LogP) is -0.0535. The Balaban J connectivity index is 2.49. The van der Waals surface area contributed by atoms with Gasteiger partial charge in [-0.15, -0.1) is 0 Å². The summed E-state index contributed by atoms with van der Waals surface area (Å²) in [4.78, 5) is 10.8. The molecule has 2 rings (SSSR count). The maximum Gasteiger partial charge on any atom is 0.341 e. The summed E-state index contributed by atoms with van der Waals surface area (Å²) in [6, 6.07) is 6.81. The number of hydrogen-bond acceptors (Lipinski definition) is 3. The van der Waals surface area contributed by atoms with Crippen LogP contribution < -0.4 is 11.2 Å². The van der Waals surface area contributed by atoms with Crippen molar-refractivity contribution in [3.05, 3.63) is 36.0 Å². The fraction of sp³-hybridized carbons (Fsp3) is 0. The first-order valence-electron chi connectivity index (χ1n) is 4.52. The molecule has 1 heterocycles. The average Bonchev–Trinajstić information content (AvgIpc) is 2.61. The minimum Gasteiger partial charge on any atom is -0.477 e. The number of hydrogen-bond donors (Lipinski definition) is 2. The van der Waals surface area contributed by atoms with E-state index in [0.29, 0.717) is 11.2 Å². The number of nitrogens with two attached hydrogens (primary N) is 1. The molecule has 0 bridgehead atoms. The highest BCUT2D eigenvalue weighted by molar-refractivity contribution is 6.32. The molecule has 16 heavy (non-hydrogen) atoms. The van der Waals surface area contributed by atoms with E-state index in [2.05, 4.69) is 5.10 Å². The first kappa shape index (κ1) is 10.3. The Bertz CT molecular complexity index is 533. The lowest BCUT2D eigenvalue weighted by molar-refractivity contribution is 0.0698. The van der Waals surface area contributed by atoms with E-state index in [1.807, 2.05) is 0 Å². The fourth-order valence-corrected chi connectivity index (χ4v) is 1.34. The Morgan fingerprint density at radius 3 is 2.50 bits per heavy atom. The van der Waals surface area contributed by atoms with Crippen molar-refractivity contribution in [3.63, 3.8) is 0 Å². The Morgan fingerprint density at radius 2 is 2.00 bits per heavy atom. The maximum atomic E-state index is 10.8. The van der Waals surface area contributed by atoms with Crippen molar-refractivity contribution in [3.8, 4) is 5.69 Å². The number of benzene rings is 1.